The third-order valence-electron chi connectivity index (χ3n) is 4.75. The molecule has 0 aromatic heterocycles. The molecule has 1 aromatic carbocycles. The zero-order valence-electron chi connectivity index (χ0n) is 15.1. The van der Waals surface area contributed by atoms with E-state index >= 15 is 0 Å². The molecule has 0 radical (unpaired) electrons. The van der Waals surface area contributed by atoms with E-state index in [0.717, 1.165) is 13.0 Å². The number of fused-ring (bicyclic) bond motifs is 3. The molecule has 2 aliphatic rings. The van der Waals surface area contributed by atoms with Crippen LogP contribution in [0.4, 0.5) is 0 Å². The number of aromatic hydroxyl groups is 2. The van der Waals surface area contributed by atoms with E-state index in [1.165, 1.54) is 20.8 Å². The molecule has 0 bridgehead atoms. The van der Waals surface area contributed by atoms with E-state index in [-0.39, 0.29) is 57.8 Å². The van der Waals surface area contributed by atoms with Gasteiger partial charge >= 0.3 is 29.6 Å². The molecule has 0 saturated carbocycles. The summed E-state index contributed by atoms with van der Waals surface area (Å²) < 4.78 is 5.59. The van der Waals surface area contributed by atoms with Crippen LogP contribution in [0.25, 0.3) is 0 Å². The molecule has 1 aliphatic heterocycles. The summed E-state index contributed by atoms with van der Waals surface area (Å²) in [6.07, 6.45) is 1.12. The molecule has 8 heteroatoms. The molecule has 1 atom stereocenters. The fourth-order valence-electron chi connectivity index (χ4n) is 3.36. The Hall–Kier alpha value is -2.09. The molecular weight excluding hydrogens is 351 g/mol. The number of hydrogen-bond acceptors (Lipinski definition) is 7. The van der Waals surface area contributed by atoms with Gasteiger partial charge < -0.3 is 20.1 Å². The van der Waals surface area contributed by atoms with Crippen molar-refractivity contribution >= 4 is 17.3 Å². The van der Waals surface area contributed by atoms with Crippen LogP contribution in [-0.4, -0.2) is 32.7 Å². The van der Waals surface area contributed by atoms with Crippen molar-refractivity contribution in [1.29, 1.82) is 0 Å². The number of phenolic OH excluding ortho intramolecular Hbond substituents is 2. The second-order valence-corrected chi connectivity index (χ2v) is 6.34. The maximum atomic E-state index is 13.0. The minimum atomic E-state index is -1.59. The number of ether oxygens (including phenoxy) is 1. The third-order valence-corrected chi connectivity index (χ3v) is 4.75. The normalized spacial score (nSPS) is 20.6. The zero-order valence-corrected chi connectivity index (χ0v) is 17.1. The molecule has 130 valence electrons. The Morgan fingerprint density at radius 1 is 1.08 bits per heavy atom. The van der Waals surface area contributed by atoms with Crippen molar-refractivity contribution in [3.8, 4) is 17.2 Å². The van der Waals surface area contributed by atoms with Crippen LogP contribution in [0.1, 0.15) is 42.3 Å². The Morgan fingerprint density at radius 2 is 1.65 bits per heavy atom. The predicted octanol–water partition coefficient (Wildman–Crippen LogP) is -0.869. The van der Waals surface area contributed by atoms with Gasteiger partial charge in [0.15, 0.2) is 17.3 Å². The smallest absolute Gasteiger partial charge is 0.507 e. The van der Waals surface area contributed by atoms with Gasteiger partial charge in [0.05, 0.1) is 5.56 Å². The molecule has 0 spiro atoms. The molecule has 0 saturated heterocycles. The standard InChI is InChI=1S/C18H16O7.Na/c1-6-14(22)12(8(3)20)16-13(15(6)23)18(4)10(25-16)5-9(21)11(7(2)19)17(18)24;/h5,21-23H,1-4H3;/q;+1. The Morgan fingerprint density at radius 3 is 2.15 bits per heavy atom. The van der Waals surface area contributed by atoms with Gasteiger partial charge in [0.2, 0.25) is 0 Å². The predicted molar refractivity (Wildman–Crippen MR) is 85.9 cm³/mol. The van der Waals surface area contributed by atoms with E-state index in [2.05, 4.69) is 0 Å². The summed E-state index contributed by atoms with van der Waals surface area (Å²) in [5, 5.41) is 30.7. The van der Waals surface area contributed by atoms with Gasteiger partial charge in [-0.3, -0.25) is 14.4 Å². The number of rotatable bonds is 2. The molecule has 0 fully saturated rings. The van der Waals surface area contributed by atoms with Crippen LogP contribution in [0.5, 0.6) is 17.2 Å². The van der Waals surface area contributed by atoms with E-state index < -0.39 is 45.6 Å². The van der Waals surface area contributed by atoms with E-state index in [1.807, 2.05) is 0 Å². The zero-order chi connectivity index (χ0) is 18.8. The molecule has 0 amide bonds. The number of carbonyl (C=O) groups excluding carboxylic acids is 3. The fourth-order valence-corrected chi connectivity index (χ4v) is 3.36. The van der Waals surface area contributed by atoms with Crippen molar-refractivity contribution < 1.29 is 64.0 Å². The van der Waals surface area contributed by atoms with Crippen LogP contribution in [0.3, 0.4) is 0 Å². The van der Waals surface area contributed by atoms with Gasteiger partial charge in [-0.1, -0.05) is 0 Å². The largest absolute Gasteiger partial charge is 1.00 e. The van der Waals surface area contributed by atoms with Crippen LogP contribution < -0.4 is 34.3 Å². The van der Waals surface area contributed by atoms with Crippen molar-refractivity contribution in [3.05, 3.63) is 39.9 Å². The number of benzene rings is 1. The van der Waals surface area contributed by atoms with Crippen LogP contribution >= 0.6 is 0 Å². The van der Waals surface area contributed by atoms with E-state index in [1.54, 1.807) is 0 Å². The summed E-state index contributed by atoms with van der Waals surface area (Å²) in [6.45, 7) is 5.19. The summed E-state index contributed by atoms with van der Waals surface area (Å²) in [4.78, 5) is 36.7. The van der Waals surface area contributed by atoms with Crippen LogP contribution in [0, 0.1) is 6.92 Å². The minimum absolute atomic E-state index is 0. The first kappa shape index (κ1) is 20.2. The summed E-state index contributed by atoms with van der Waals surface area (Å²) in [5.74, 6) is -3.45. The Kier molecular flexibility index (Phi) is 4.87. The number of hydrogen-bond donors (Lipinski definition) is 3. The quantitative estimate of drug-likeness (QED) is 0.353. The van der Waals surface area contributed by atoms with Crippen molar-refractivity contribution in [2.75, 3.05) is 0 Å². The fraction of sp³-hybridized carbons (Fsp3) is 0.278. The summed E-state index contributed by atoms with van der Waals surface area (Å²) in [7, 11) is 0. The number of phenols is 2. The molecule has 26 heavy (non-hydrogen) atoms. The first-order valence-corrected chi connectivity index (χ1v) is 7.52. The molecule has 3 rings (SSSR count). The van der Waals surface area contributed by atoms with E-state index in [9.17, 15) is 29.7 Å². The number of Topliss-reactive ketones (excluding diaryl/α,β-unsaturated/α-hetero) is 3. The Labute approximate surface area is 171 Å². The molecule has 1 aliphatic carbocycles. The van der Waals surface area contributed by atoms with Crippen molar-refractivity contribution in [1.82, 2.24) is 0 Å². The molecule has 1 aromatic rings. The SMILES string of the molecule is CC(=O)C1=C(O)C=C2Oc3c(C(C)=O)c(O)c(C)c(O)c3C2(C)C1=O.[Na+]. The maximum Gasteiger partial charge on any atom is 1.00 e. The Bertz CT molecular complexity index is 955. The second-order valence-electron chi connectivity index (χ2n) is 6.34. The first-order valence-electron chi connectivity index (χ1n) is 7.52. The van der Waals surface area contributed by atoms with Gasteiger partial charge in [-0.05, 0) is 27.7 Å². The van der Waals surface area contributed by atoms with Gasteiger partial charge in [-0.15, -0.1) is 0 Å². The summed E-state index contributed by atoms with van der Waals surface area (Å²) in [5.41, 5.74) is -2.15. The average molecular weight is 367 g/mol. The molecular formula is C18H16NaO7+. The van der Waals surface area contributed by atoms with Gasteiger partial charge in [-0.25, -0.2) is 0 Å². The van der Waals surface area contributed by atoms with Gasteiger partial charge in [0.1, 0.15) is 45.3 Å². The summed E-state index contributed by atoms with van der Waals surface area (Å²) in [6, 6.07) is 0. The number of allylic oxidation sites excluding steroid dienone is 3. The number of aliphatic hydroxyl groups is 1. The molecule has 1 unspecified atom stereocenters. The average Bonchev–Trinajstić information content (AvgIpc) is 2.78. The van der Waals surface area contributed by atoms with Crippen molar-refractivity contribution in [2.45, 2.75) is 33.1 Å². The minimum Gasteiger partial charge on any atom is -0.507 e. The number of carbonyl (C=O) groups is 3. The topological polar surface area (TPSA) is 121 Å². The third kappa shape index (κ3) is 2.35. The first-order chi connectivity index (χ1) is 11.5. The van der Waals surface area contributed by atoms with Crippen LogP contribution in [0.2, 0.25) is 0 Å². The monoisotopic (exact) mass is 367 g/mol. The van der Waals surface area contributed by atoms with Crippen LogP contribution in [0.15, 0.2) is 23.2 Å². The maximum absolute atomic E-state index is 13.0. The van der Waals surface area contributed by atoms with Gasteiger partial charge in [0.25, 0.3) is 0 Å². The van der Waals surface area contributed by atoms with Gasteiger partial charge in [-0.2, -0.15) is 0 Å². The molecule has 7 nitrogen and oxygen atoms in total. The van der Waals surface area contributed by atoms with Crippen molar-refractivity contribution in [2.24, 2.45) is 0 Å². The van der Waals surface area contributed by atoms with Gasteiger partial charge in [0, 0.05) is 11.6 Å². The number of ketones is 3. The Balaban J connectivity index is 0.00000243. The number of aliphatic hydroxyl groups excluding tert-OH is 1. The van der Waals surface area contributed by atoms with E-state index in [0.29, 0.717) is 0 Å². The second kappa shape index (κ2) is 6.26. The van der Waals surface area contributed by atoms with Crippen LogP contribution in [-0.2, 0) is 15.0 Å². The van der Waals surface area contributed by atoms with E-state index in [4.69, 9.17) is 4.74 Å². The molecule has 3 N–H and O–H groups in total. The van der Waals surface area contributed by atoms with Crippen molar-refractivity contribution in [3.63, 3.8) is 0 Å². The summed E-state index contributed by atoms with van der Waals surface area (Å²) >= 11 is 0. The molecule has 1 heterocycles.